The van der Waals surface area contributed by atoms with Crippen LogP contribution in [0.3, 0.4) is 0 Å². The van der Waals surface area contributed by atoms with Crippen LogP contribution < -0.4 is 0 Å². The largest absolute Gasteiger partial charge is 0.416 e. The van der Waals surface area contributed by atoms with Gasteiger partial charge in [-0.3, -0.25) is 0 Å². The minimum absolute atomic E-state index is 0.248. The summed E-state index contributed by atoms with van der Waals surface area (Å²) in [6, 6.07) is 4.49. The Morgan fingerprint density at radius 1 is 1.31 bits per heavy atom. The maximum atomic E-state index is 12.2. The summed E-state index contributed by atoms with van der Waals surface area (Å²) < 4.78 is 48.8. The van der Waals surface area contributed by atoms with Gasteiger partial charge in [0.1, 0.15) is 6.08 Å². The molecule has 0 bridgehead atoms. The molecule has 1 nitrogen and oxygen atoms in total. The van der Waals surface area contributed by atoms with E-state index in [0.29, 0.717) is 5.56 Å². The SMILES string of the molecule is [2H]C1(c2ccc(C(F)(F)F)cc2)CO1. The standard InChI is InChI=1S/C9H7F3O/c10-9(11,12)7-3-1-6(2-4-7)8-5-13-8/h1-4,8H,5H2/i8D. The fourth-order valence-electron chi connectivity index (χ4n) is 1.05. The van der Waals surface area contributed by atoms with Crippen molar-refractivity contribution in [1.29, 1.82) is 0 Å². The van der Waals surface area contributed by atoms with Crippen molar-refractivity contribution >= 4 is 0 Å². The Labute approximate surface area is 74.5 Å². The van der Waals surface area contributed by atoms with Crippen LogP contribution in [0.5, 0.6) is 0 Å². The first-order chi connectivity index (χ1) is 6.42. The zero-order chi connectivity index (χ0) is 10.4. The predicted octanol–water partition coefficient (Wildman–Crippen LogP) is 2.78. The van der Waals surface area contributed by atoms with Crippen molar-refractivity contribution in [2.45, 2.75) is 12.3 Å². The van der Waals surface area contributed by atoms with E-state index >= 15 is 0 Å². The lowest BCUT2D eigenvalue weighted by Crippen LogP contribution is -2.04. The third-order valence-electron chi connectivity index (χ3n) is 1.82. The average Bonchev–Trinajstić information content (AvgIpc) is 2.84. The molecule has 1 heterocycles. The molecular formula is C9H7F3O. The molecule has 0 aromatic heterocycles. The molecule has 1 saturated heterocycles. The number of halogens is 3. The van der Waals surface area contributed by atoms with E-state index in [9.17, 15) is 13.2 Å². The fourth-order valence-corrected chi connectivity index (χ4v) is 1.05. The number of rotatable bonds is 1. The second kappa shape index (κ2) is 2.73. The van der Waals surface area contributed by atoms with Crippen LogP contribution in [0.25, 0.3) is 0 Å². The maximum absolute atomic E-state index is 12.2. The minimum atomic E-state index is -4.32. The van der Waals surface area contributed by atoms with Crippen LogP contribution >= 0.6 is 0 Å². The van der Waals surface area contributed by atoms with Crippen molar-refractivity contribution in [3.63, 3.8) is 0 Å². The van der Waals surface area contributed by atoms with Crippen LogP contribution in [-0.4, -0.2) is 6.61 Å². The van der Waals surface area contributed by atoms with Gasteiger partial charge in [-0.2, -0.15) is 13.2 Å². The van der Waals surface area contributed by atoms with Gasteiger partial charge in [-0.15, -0.1) is 0 Å². The Bertz CT molecular complexity index is 316. The molecule has 0 saturated carbocycles. The van der Waals surface area contributed by atoms with Crippen LogP contribution in [0.1, 0.15) is 18.6 Å². The molecule has 1 aliphatic heterocycles. The van der Waals surface area contributed by atoms with Crippen LogP contribution in [0, 0.1) is 0 Å². The van der Waals surface area contributed by atoms with Gasteiger partial charge in [0, 0.05) is 0 Å². The highest BCUT2D eigenvalue weighted by Crippen LogP contribution is 2.33. The zero-order valence-corrected chi connectivity index (χ0v) is 6.56. The molecule has 0 aliphatic carbocycles. The lowest BCUT2D eigenvalue weighted by atomic mass is 10.1. The van der Waals surface area contributed by atoms with Crippen LogP contribution in [0.2, 0.25) is 0 Å². The van der Waals surface area contributed by atoms with Crippen molar-refractivity contribution in [3.8, 4) is 0 Å². The van der Waals surface area contributed by atoms with E-state index in [2.05, 4.69) is 0 Å². The molecule has 1 unspecified atom stereocenters. The molecule has 0 amide bonds. The molecule has 0 spiro atoms. The summed E-state index contributed by atoms with van der Waals surface area (Å²) in [7, 11) is 0. The summed E-state index contributed by atoms with van der Waals surface area (Å²) in [6.07, 6.45) is -5.43. The lowest BCUT2D eigenvalue weighted by Gasteiger charge is -2.06. The summed E-state index contributed by atoms with van der Waals surface area (Å²) >= 11 is 0. The molecule has 13 heavy (non-hydrogen) atoms. The van der Waals surface area contributed by atoms with Crippen molar-refractivity contribution in [2.24, 2.45) is 0 Å². The summed E-state index contributed by atoms with van der Waals surface area (Å²) in [5, 5.41) is 0. The van der Waals surface area contributed by atoms with Crippen molar-refractivity contribution < 1.29 is 19.3 Å². The number of alkyl halides is 3. The van der Waals surface area contributed by atoms with Gasteiger partial charge in [-0.25, -0.2) is 0 Å². The smallest absolute Gasteiger partial charge is 0.368 e. The number of benzene rings is 1. The van der Waals surface area contributed by atoms with Gasteiger partial charge in [-0.05, 0) is 17.7 Å². The Hall–Kier alpha value is -1.03. The third-order valence-corrected chi connectivity index (χ3v) is 1.82. The van der Waals surface area contributed by atoms with E-state index in [1.807, 2.05) is 0 Å². The molecular weight excluding hydrogens is 181 g/mol. The first-order valence-corrected chi connectivity index (χ1v) is 3.73. The lowest BCUT2D eigenvalue weighted by molar-refractivity contribution is -0.137. The molecule has 70 valence electrons. The topological polar surface area (TPSA) is 12.5 Å². The van der Waals surface area contributed by atoms with E-state index in [1.54, 1.807) is 0 Å². The molecule has 1 aromatic rings. The van der Waals surface area contributed by atoms with E-state index < -0.39 is 17.8 Å². The molecule has 1 atom stereocenters. The van der Waals surface area contributed by atoms with Gasteiger partial charge in [0.2, 0.25) is 0 Å². The number of hydrogen-bond donors (Lipinski definition) is 0. The van der Waals surface area contributed by atoms with E-state index in [4.69, 9.17) is 6.11 Å². The second-order valence-corrected chi connectivity index (χ2v) is 2.79. The predicted molar refractivity (Wildman–Crippen MR) is 40.1 cm³/mol. The van der Waals surface area contributed by atoms with Crippen LogP contribution in [0.4, 0.5) is 13.2 Å². The summed E-state index contributed by atoms with van der Waals surface area (Å²) in [5.41, 5.74) is -0.240. The third kappa shape index (κ3) is 1.83. The van der Waals surface area contributed by atoms with Crippen molar-refractivity contribution in [3.05, 3.63) is 35.4 Å². The van der Waals surface area contributed by atoms with Crippen molar-refractivity contribution in [2.75, 3.05) is 6.61 Å². The first-order valence-electron chi connectivity index (χ1n) is 4.23. The number of hydrogen-bond acceptors (Lipinski definition) is 1. The van der Waals surface area contributed by atoms with Crippen LogP contribution in [0.15, 0.2) is 24.3 Å². The van der Waals surface area contributed by atoms with E-state index in [-0.39, 0.29) is 6.61 Å². The Morgan fingerprint density at radius 3 is 2.23 bits per heavy atom. The summed E-state index contributed by atoms with van der Waals surface area (Å²) in [5.74, 6) is 0. The molecule has 0 N–H and O–H groups in total. The quantitative estimate of drug-likeness (QED) is 0.619. The zero-order valence-electron chi connectivity index (χ0n) is 7.56. The fraction of sp³-hybridized carbons (Fsp3) is 0.333. The summed E-state index contributed by atoms with van der Waals surface area (Å²) in [6.45, 7) is 0.248. The highest BCUT2D eigenvalue weighted by Gasteiger charge is 2.31. The normalized spacial score (nSPS) is 28.4. The Kier molecular flexibility index (Phi) is 1.55. The average molecular weight is 189 g/mol. The van der Waals surface area contributed by atoms with Gasteiger partial charge in [0.05, 0.1) is 13.5 Å². The van der Waals surface area contributed by atoms with Gasteiger partial charge < -0.3 is 4.74 Å². The van der Waals surface area contributed by atoms with Gasteiger partial charge in [-0.1, -0.05) is 12.1 Å². The highest BCUT2D eigenvalue weighted by molar-refractivity contribution is 5.27. The first kappa shape index (κ1) is 7.38. The Balaban J connectivity index is 2.27. The molecule has 1 aromatic carbocycles. The molecule has 1 aliphatic rings. The molecule has 4 heteroatoms. The van der Waals surface area contributed by atoms with Crippen LogP contribution in [-0.2, 0) is 10.9 Å². The van der Waals surface area contributed by atoms with E-state index in [0.717, 1.165) is 12.1 Å². The highest BCUT2D eigenvalue weighted by atomic mass is 19.4. The molecule has 2 rings (SSSR count). The van der Waals surface area contributed by atoms with Gasteiger partial charge >= 0.3 is 6.18 Å². The van der Waals surface area contributed by atoms with Gasteiger partial charge in [0.25, 0.3) is 0 Å². The Morgan fingerprint density at radius 2 is 1.85 bits per heavy atom. The molecule has 1 fully saturated rings. The maximum Gasteiger partial charge on any atom is 0.416 e. The molecule has 0 radical (unpaired) electrons. The number of epoxide rings is 1. The van der Waals surface area contributed by atoms with Gasteiger partial charge in [0.15, 0.2) is 0 Å². The monoisotopic (exact) mass is 189 g/mol. The number of ether oxygens (including phenoxy) is 1. The second-order valence-electron chi connectivity index (χ2n) is 2.79. The van der Waals surface area contributed by atoms with Crippen molar-refractivity contribution in [1.82, 2.24) is 0 Å². The summed E-state index contributed by atoms with van der Waals surface area (Å²) in [4.78, 5) is 0. The minimum Gasteiger partial charge on any atom is -0.368 e. The van der Waals surface area contributed by atoms with E-state index in [1.165, 1.54) is 12.1 Å².